The summed E-state index contributed by atoms with van der Waals surface area (Å²) in [5, 5.41) is 17.5. The lowest BCUT2D eigenvalue weighted by Gasteiger charge is -2.06. The summed E-state index contributed by atoms with van der Waals surface area (Å²) in [5.74, 6) is -1.56. The van der Waals surface area contributed by atoms with Crippen molar-refractivity contribution in [3.8, 4) is 0 Å². The van der Waals surface area contributed by atoms with Gasteiger partial charge >= 0.3 is 5.97 Å². The van der Waals surface area contributed by atoms with Gasteiger partial charge in [-0.25, -0.2) is 13.2 Å². The predicted molar refractivity (Wildman–Crippen MR) is 78.4 cm³/mol. The molecule has 1 amide bonds. The lowest BCUT2D eigenvalue weighted by atomic mass is 10.3. The fourth-order valence-electron chi connectivity index (χ4n) is 1.45. The fraction of sp³-hybridized carbons (Fsp3) is 0.0909. The quantitative estimate of drug-likeness (QED) is 0.736. The second-order valence-electron chi connectivity index (χ2n) is 4.03. The maximum Gasteiger partial charge on any atom is 0.367 e. The Balaban J connectivity index is 2.18. The molecule has 1 aromatic heterocycles. The number of benzene rings is 1. The number of amides is 1. The molecular formula is C11H10N4O5S2. The van der Waals surface area contributed by atoms with Crippen LogP contribution in [0.4, 0.5) is 10.8 Å². The number of nitrogens with zero attached hydrogens (tertiary/aromatic N) is 2. The van der Waals surface area contributed by atoms with Crippen molar-refractivity contribution in [2.75, 3.05) is 10.0 Å². The second kappa shape index (κ2) is 6.07. The molecular weight excluding hydrogens is 332 g/mol. The molecule has 116 valence electrons. The molecule has 0 saturated carbocycles. The van der Waals surface area contributed by atoms with Crippen LogP contribution in [0.25, 0.3) is 0 Å². The van der Waals surface area contributed by atoms with Crippen LogP contribution in [0, 0.1) is 0 Å². The van der Waals surface area contributed by atoms with Crippen LogP contribution >= 0.6 is 11.3 Å². The van der Waals surface area contributed by atoms with Gasteiger partial charge in [0.1, 0.15) is 0 Å². The summed E-state index contributed by atoms with van der Waals surface area (Å²) in [7, 11) is -3.92. The standard InChI is InChI=1S/C11H10N4O5S2/c1-6(16)12-7-2-4-8(5-3-7)22(19,20)15-11-14-13-9(21-11)10(17)18/h2-5H,1H3,(H,12,16)(H,14,15)(H,17,18). The molecule has 0 radical (unpaired) electrons. The third-order valence-electron chi connectivity index (χ3n) is 2.31. The molecule has 22 heavy (non-hydrogen) atoms. The van der Waals surface area contributed by atoms with Crippen LogP contribution in [-0.2, 0) is 14.8 Å². The van der Waals surface area contributed by atoms with Gasteiger partial charge in [-0.3, -0.25) is 9.52 Å². The zero-order chi connectivity index (χ0) is 16.3. The number of nitrogens with one attached hydrogen (secondary N) is 2. The van der Waals surface area contributed by atoms with E-state index in [1.165, 1.54) is 31.2 Å². The Morgan fingerprint density at radius 1 is 1.18 bits per heavy atom. The van der Waals surface area contributed by atoms with Crippen LogP contribution in [-0.4, -0.2) is 35.6 Å². The molecule has 1 aromatic carbocycles. The van der Waals surface area contributed by atoms with Crippen molar-refractivity contribution in [1.82, 2.24) is 10.2 Å². The molecule has 9 nitrogen and oxygen atoms in total. The van der Waals surface area contributed by atoms with Crippen molar-refractivity contribution in [2.45, 2.75) is 11.8 Å². The first kappa shape index (κ1) is 15.9. The molecule has 0 spiro atoms. The zero-order valence-electron chi connectivity index (χ0n) is 11.1. The number of carboxylic acids is 1. The molecule has 0 fully saturated rings. The third-order valence-corrected chi connectivity index (χ3v) is 4.63. The Bertz CT molecular complexity index is 813. The maximum absolute atomic E-state index is 12.1. The van der Waals surface area contributed by atoms with Gasteiger partial charge in [-0.05, 0) is 24.3 Å². The van der Waals surface area contributed by atoms with E-state index in [-0.39, 0.29) is 20.9 Å². The smallest absolute Gasteiger partial charge is 0.367 e. The Morgan fingerprint density at radius 2 is 1.82 bits per heavy atom. The monoisotopic (exact) mass is 342 g/mol. The molecule has 0 aliphatic rings. The number of aromatic carboxylic acids is 1. The van der Waals surface area contributed by atoms with Gasteiger partial charge in [0, 0.05) is 12.6 Å². The Hall–Kier alpha value is -2.53. The van der Waals surface area contributed by atoms with Crippen LogP contribution in [0.15, 0.2) is 29.2 Å². The molecule has 0 bridgehead atoms. The minimum Gasteiger partial charge on any atom is -0.476 e. The SMILES string of the molecule is CC(=O)Nc1ccc(S(=O)(=O)Nc2nnc(C(=O)O)s2)cc1. The van der Waals surface area contributed by atoms with Gasteiger partial charge in [0.25, 0.3) is 10.0 Å². The number of rotatable bonds is 5. The summed E-state index contributed by atoms with van der Waals surface area (Å²) in [6, 6.07) is 5.46. The number of hydrogen-bond acceptors (Lipinski definition) is 7. The molecule has 0 unspecified atom stereocenters. The van der Waals surface area contributed by atoms with Gasteiger partial charge in [-0.2, -0.15) is 0 Å². The van der Waals surface area contributed by atoms with Crippen molar-refractivity contribution >= 4 is 44.1 Å². The topological polar surface area (TPSA) is 138 Å². The molecule has 0 atom stereocenters. The van der Waals surface area contributed by atoms with Crippen LogP contribution in [0.5, 0.6) is 0 Å². The Morgan fingerprint density at radius 3 is 2.32 bits per heavy atom. The zero-order valence-corrected chi connectivity index (χ0v) is 12.7. The summed E-state index contributed by atoms with van der Waals surface area (Å²) in [4.78, 5) is 21.5. The Labute approximate surface area is 129 Å². The molecule has 2 aromatic rings. The molecule has 0 aliphatic carbocycles. The van der Waals surface area contributed by atoms with E-state index >= 15 is 0 Å². The molecule has 11 heteroatoms. The molecule has 2 rings (SSSR count). The minimum absolute atomic E-state index is 0.0614. The molecule has 3 N–H and O–H groups in total. The lowest BCUT2D eigenvalue weighted by molar-refractivity contribution is -0.114. The predicted octanol–water partition coefficient (Wildman–Crippen LogP) is 0.996. The highest BCUT2D eigenvalue weighted by atomic mass is 32.2. The van der Waals surface area contributed by atoms with Gasteiger partial charge in [-0.1, -0.05) is 11.3 Å². The van der Waals surface area contributed by atoms with Gasteiger partial charge in [0.2, 0.25) is 16.0 Å². The van der Waals surface area contributed by atoms with Crippen molar-refractivity contribution in [3.63, 3.8) is 0 Å². The van der Waals surface area contributed by atoms with Crippen LogP contribution in [0.2, 0.25) is 0 Å². The van der Waals surface area contributed by atoms with E-state index in [9.17, 15) is 18.0 Å². The van der Waals surface area contributed by atoms with E-state index in [0.717, 1.165) is 0 Å². The molecule has 1 heterocycles. The number of carbonyl (C=O) groups is 2. The van der Waals surface area contributed by atoms with E-state index in [1.54, 1.807) is 0 Å². The highest BCUT2D eigenvalue weighted by Crippen LogP contribution is 2.21. The first-order chi connectivity index (χ1) is 10.3. The van der Waals surface area contributed by atoms with E-state index in [0.29, 0.717) is 17.0 Å². The van der Waals surface area contributed by atoms with Crippen LogP contribution in [0.1, 0.15) is 16.7 Å². The molecule has 0 aliphatic heterocycles. The van der Waals surface area contributed by atoms with Gasteiger partial charge in [-0.15, -0.1) is 10.2 Å². The summed E-state index contributed by atoms with van der Waals surface area (Å²) in [6.45, 7) is 1.34. The van der Waals surface area contributed by atoms with E-state index in [4.69, 9.17) is 5.11 Å². The van der Waals surface area contributed by atoms with Crippen molar-refractivity contribution < 1.29 is 23.1 Å². The summed E-state index contributed by atoms with van der Waals surface area (Å²) in [6.07, 6.45) is 0. The number of sulfonamides is 1. The lowest BCUT2D eigenvalue weighted by Crippen LogP contribution is -2.13. The average molecular weight is 342 g/mol. The Kier molecular flexibility index (Phi) is 4.37. The maximum atomic E-state index is 12.1. The highest BCUT2D eigenvalue weighted by Gasteiger charge is 2.18. The first-order valence-electron chi connectivity index (χ1n) is 5.75. The van der Waals surface area contributed by atoms with Gasteiger partial charge in [0.05, 0.1) is 4.90 Å². The first-order valence-corrected chi connectivity index (χ1v) is 8.05. The summed E-state index contributed by atoms with van der Waals surface area (Å²) >= 11 is 0.605. The van der Waals surface area contributed by atoms with Crippen LogP contribution in [0.3, 0.4) is 0 Å². The highest BCUT2D eigenvalue weighted by molar-refractivity contribution is 7.93. The fourth-order valence-corrected chi connectivity index (χ4v) is 3.26. The normalized spacial score (nSPS) is 11.0. The number of carboxylic acid groups (broad SMARTS) is 1. The second-order valence-corrected chi connectivity index (χ2v) is 6.69. The van der Waals surface area contributed by atoms with Crippen molar-refractivity contribution in [3.05, 3.63) is 29.3 Å². The number of anilines is 2. The van der Waals surface area contributed by atoms with Gasteiger partial charge < -0.3 is 10.4 Å². The van der Waals surface area contributed by atoms with Crippen molar-refractivity contribution in [2.24, 2.45) is 0 Å². The van der Waals surface area contributed by atoms with Crippen LogP contribution < -0.4 is 10.0 Å². The average Bonchev–Trinajstić information content (AvgIpc) is 2.86. The number of hydrogen-bond donors (Lipinski definition) is 3. The van der Waals surface area contributed by atoms with E-state index < -0.39 is 16.0 Å². The third kappa shape index (κ3) is 3.77. The van der Waals surface area contributed by atoms with E-state index in [2.05, 4.69) is 20.2 Å². The molecule has 0 saturated heterocycles. The van der Waals surface area contributed by atoms with E-state index in [1.807, 2.05) is 0 Å². The summed E-state index contributed by atoms with van der Waals surface area (Å²) in [5.41, 5.74) is 0.454. The van der Waals surface area contributed by atoms with Gasteiger partial charge in [0.15, 0.2) is 0 Å². The van der Waals surface area contributed by atoms with Crippen molar-refractivity contribution in [1.29, 1.82) is 0 Å². The number of aromatic nitrogens is 2. The number of carbonyl (C=O) groups excluding carboxylic acids is 1. The summed E-state index contributed by atoms with van der Waals surface area (Å²) < 4.78 is 26.4. The largest absolute Gasteiger partial charge is 0.476 e. The minimum atomic E-state index is -3.92.